The summed E-state index contributed by atoms with van der Waals surface area (Å²) in [4.78, 5) is 104. The number of benzene rings is 1. The fourth-order valence-electron chi connectivity index (χ4n) is 6.89. The highest BCUT2D eigenvalue weighted by molar-refractivity contribution is 5.91. The van der Waals surface area contributed by atoms with Gasteiger partial charge in [0.15, 0.2) is 0 Å². The van der Waals surface area contributed by atoms with E-state index in [1.165, 1.54) is 20.3 Å². The molecule has 11 N–H and O–H groups in total. The van der Waals surface area contributed by atoms with Crippen molar-refractivity contribution < 1.29 is 67.9 Å². The Bertz CT molecular complexity index is 1650. The Morgan fingerprint density at radius 1 is 0.606 bits per heavy atom. The van der Waals surface area contributed by atoms with Gasteiger partial charge in [-0.2, -0.15) is 0 Å². The number of hydrogen-bond acceptors (Lipinski definition) is 16. The number of primary amides is 1. The van der Waals surface area contributed by atoms with Crippen LogP contribution in [0.5, 0.6) is 0 Å². The first-order chi connectivity index (χ1) is 31.5. The molecule has 0 aliphatic carbocycles. The predicted molar refractivity (Wildman–Crippen MR) is 237 cm³/mol. The number of carboxylic acids is 3. The number of unbranched alkanes of at least 4 members (excludes halogenated alkanes) is 2. The minimum Gasteiger partial charge on any atom is -0.480 e. The van der Waals surface area contributed by atoms with Crippen molar-refractivity contribution in [3.05, 3.63) is 35.4 Å². The van der Waals surface area contributed by atoms with E-state index in [2.05, 4.69) is 21.3 Å². The summed E-state index contributed by atoms with van der Waals surface area (Å²) in [6.45, 7) is 1.19. The van der Waals surface area contributed by atoms with Gasteiger partial charge in [-0.3, -0.25) is 58.0 Å². The van der Waals surface area contributed by atoms with E-state index < -0.39 is 73.3 Å². The first-order valence-electron chi connectivity index (χ1n) is 22.0. The maximum absolute atomic E-state index is 13.5. The molecule has 0 unspecified atom stereocenters. The zero-order chi connectivity index (χ0) is 48.7. The Balaban J connectivity index is 1.90. The highest BCUT2D eigenvalue weighted by Crippen LogP contribution is 2.10. The number of ether oxygens (including phenoxy) is 3. The summed E-state index contributed by atoms with van der Waals surface area (Å²) in [6, 6.07) is 5.99. The Kier molecular flexibility index (Phi) is 28.5. The lowest BCUT2D eigenvalue weighted by Crippen LogP contribution is -2.58. The van der Waals surface area contributed by atoms with E-state index in [0.717, 1.165) is 12.0 Å². The molecule has 1 aromatic rings. The van der Waals surface area contributed by atoms with Crippen LogP contribution < -0.4 is 32.7 Å². The summed E-state index contributed by atoms with van der Waals surface area (Å²) >= 11 is 0. The maximum Gasteiger partial charge on any atom is 0.317 e. The molecule has 1 aromatic carbocycles. The quantitative estimate of drug-likeness (QED) is 0.0253. The summed E-state index contributed by atoms with van der Waals surface area (Å²) in [5.74, 6) is -6.08. The number of hydrogen-bond donors (Lipinski definition) is 9. The van der Waals surface area contributed by atoms with Gasteiger partial charge < -0.3 is 62.3 Å². The molecule has 1 saturated heterocycles. The number of rotatable bonds is 35. The average molecular weight is 939 g/mol. The number of carbonyl (C=O) groups excluding carboxylic acids is 5. The fourth-order valence-corrected chi connectivity index (χ4v) is 6.89. The van der Waals surface area contributed by atoms with Gasteiger partial charge in [0.2, 0.25) is 29.5 Å². The van der Waals surface area contributed by atoms with Crippen molar-refractivity contribution in [3.63, 3.8) is 0 Å². The molecular weight excluding hydrogens is 869 g/mol. The van der Waals surface area contributed by atoms with Gasteiger partial charge in [0.1, 0.15) is 18.7 Å². The zero-order valence-corrected chi connectivity index (χ0v) is 37.9. The van der Waals surface area contributed by atoms with E-state index in [0.29, 0.717) is 58.3 Å². The molecule has 24 heteroatoms. The highest BCUT2D eigenvalue weighted by atomic mass is 16.5. The summed E-state index contributed by atoms with van der Waals surface area (Å²) < 4.78 is 15.7. The molecule has 0 bridgehead atoms. The third-order valence-corrected chi connectivity index (χ3v) is 9.92. The second-order valence-corrected chi connectivity index (χ2v) is 15.9. The zero-order valence-electron chi connectivity index (χ0n) is 37.9. The molecular formula is C42H70N10O14. The second-order valence-electron chi connectivity index (χ2n) is 15.9. The van der Waals surface area contributed by atoms with Gasteiger partial charge in [-0.05, 0) is 63.9 Å². The molecule has 2 rings (SSSR count). The molecule has 1 aliphatic heterocycles. The van der Waals surface area contributed by atoms with Crippen molar-refractivity contribution in [3.8, 4) is 0 Å². The minimum absolute atomic E-state index is 0.0688. The van der Waals surface area contributed by atoms with Gasteiger partial charge in [0, 0.05) is 19.5 Å². The van der Waals surface area contributed by atoms with Crippen molar-refractivity contribution in [1.82, 2.24) is 40.9 Å². The van der Waals surface area contributed by atoms with Crippen LogP contribution in [0.1, 0.15) is 62.5 Å². The molecule has 2 atom stereocenters. The topological polar surface area (TPSA) is 338 Å². The molecule has 0 aromatic heterocycles. The molecule has 0 radical (unpaired) electrons. The van der Waals surface area contributed by atoms with E-state index in [9.17, 15) is 53.7 Å². The van der Waals surface area contributed by atoms with Crippen LogP contribution in [-0.2, 0) is 59.0 Å². The molecule has 372 valence electrons. The third-order valence-electron chi connectivity index (χ3n) is 9.92. The van der Waals surface area contributed by atoms with Gasteiger partial charge >= 0.3 is 17.9 Å². The Morgan fingerprint density at radius 3 is 1.61 bits per heavy atom. The van der Waals surface area contributed by atoms with Gasteiger partial charge in [-0.25, -0.2) is 0 Å². The lowest BCUT2D eigenvalue weighted by Gasteiger charge is -2.40. The number of carbonyl (C=O) groups is 8. The van der Waals surface area contributed by atoms with Crippen molar-refractivity contribution in [2.75, 3.05) is 106 Å². The molecule has 1 heterocycles. The van der Waals surface area contributed by atoms with Crippen LogP contribution in [0, 0.1) is 6.92 Å². The fraction of sp³-hybridized carbons (Fsp3) is 0.667. The van der Waals surface area contributed by atoms with Crippen LogP contribution in [0.3, 0.4) is 0 Å². The number of amides is 5. The van der Waals surface area contributed by atoms with Crippen molar-refractivity contribution >= 4 is 47.4 Å². The molecule has 0 saturated carbocycles. The standard InChI is InChI=1S/C42H70N10O14/c1-31-11-13-32(14-12-31)7-6-10-35(53)45-15-5-3-9-34(47-37(55)25-65-19-17-64-18-20-66-26-43)42(63)48-33(41(44)62)8-2-4-16-46-36(54)21-49-27-50(22-38(56)57)29-52(24-40(60)61)30-51(28-49)23-39(58)59/h11-14,33-34H,2-10,15-30,43H2,1H3,(H2,44,62)(H,45,53)(H,46,54)(H,47,55)(H,48,63)(H,56,57)(H,58,59)(H,60,61)/t33-,34-/m0/s1. The molecule has 66 heavy (non-hydrogen) atoms. The van der Waals surface area contributed by atoms with E-state index in [1.54, 1.807) is 4.90 Å². The normalized spacial score (nSPS) is 14.9. The first-order valence-corrected chi connectivity index (χ1v) is 22.0. The van der Waals surface area contributed by atoms with Crippen LogP contribution in [0.2, 0.25) is 0 Å². The summed E-state index contributed by atoms with van der Waals surface area (Å²) in [5.41, 5.74) is 13.2. The van der Waals surface area contributed by atoms with E-state index in [1.807, 2.05) is 31.2 Å². The summed E-state index contributed by atoms with van der Waals surface area (Å²) in [5, 5.41) is 39.1. The molecule has 24 nitrogen and oxygen atoms in total. The van der Waals surface area contributed by atoms with Crippen LogP contribution >= 0.6 is 0 Å². The van der Waals surface area contributed by atoms with Gasteiger partial charge in [0.05, 0.1) is 86.0 Å². The number of nitrogens with zero attached hydrogens (tertiary/aromatic N) is 4. The van der Waals surface area contributed by atoms with E-state index >= 15 is 0 Å². The van der Waals surface area contributed by atoms with Crippen molar-refractivity contribution in [1.29, 1.82) is 0 Å². The second kappa shape index (κ2) is 33.2. The SMILES string of the molecule is Cc1ccc(CCCC(=O)NCCCC[C@H](NC(=O)COCCOCCOCN)C(=O)N[C@@H](CCCCNC(=O)CN2CN(CC(=O)O)CN(CC(=O)O)CN(CC(=O)O)C2)C(N)=O)cc1. The number of aliphatic carboxylic acids is 3. The molecule has 1 aliphatic rings. The Hall–Kier alpha value is -5.34. The molecule has 0 spiro atoms. The maximum atomic E-state index is 13.5. The monoisotopic (exact) mass is 939 g/mol. The van der Waals surface area contributed by atoms with Gasteiger partial charge in [-0.15, -0.1) is 0 Å². The average Bonchev–Trinajstić information content (AvgIpc) is 3.22. The van der Waals surface area contributed by atoms with Gasteiger partial charge in [-0.1, -0.05) is 29.8 Å². The number of nitrogens with two attached hydrogens (primary N) is 2. The van der Waals surface area contributed by atoms with Crippen molar-refractivity contribution in [2.45, 2.75) is 76.8 Å². The highest BCUT2D eigenvalue weighted by Gasteiger charge is 2.28. The Labute approximate surface area is 384 Å². The summed E-state index contributed by atoms with van der Waals surface area (Å²) in [7, 11) is 0. The number of aryl methyl sites for hydroxylation is 2. The lowest BCUT2D eigenvalue weighted by molar-refractivity contribution is -0.145. The lowest BCUT2D eigenvalue weighted by atomic mass is 10.1. The number of nitrogens with one attached hydrogen (secondary N) is 4. The summed E-state index contributed by atoms with van der Waals surface area (Å²) in [6.07, 6.45) is 3.80. The minimum atomic E-state index is -1.17. The smallest absolute Gasteiger partial charge is 0.317 e. The van der Waals surface area contributed by atoms with Crippen LogP contribution in [0.25, 0.3) is 0 Å². The third kappa shape index (κ3) is 27.2. The Morgan fingerprint density at radius 2 is 1.09 bits per heavy atom. The molecule has 5 amide bonds. The largest absolute Gasteiger partial charge is 0.480 e. The van der Waals surface area contributed by atoms with Crippen LogP contribution in [0.15, 0.2) is 24.3 Å². The van der Waals surface area contributed by atoms with Crippen LogP contribution in [-0.4, -0.2) is 200 Å². The van der Waals surface area contributed by atoms with Crippen molar-refractivity contribution in [2.24, 2.45) is 11.5 Å². The predicted octanol–water partition coefficient (Wildman–Crippen LogP) is -2.38. The van der Waals surface area contributed by atoms with E-state index in [4.69, 9.17) is 25.7 Å². The van der Waals surface area contributed by atoms with Gasteiger partial charge in [0.25, 0.3) is 0 Å². The number of carboxylic acid groups (broad SMARTS) is 3. The molecule has 1 fully saturated rings. The van der Waals surface area contributed by atoms with Crippen LogP contribution in [0.4, 0.5) is 0 Å². The van der Waals surface area contributed by atoms with E-state index in [-0.39, 0.29) is 85.1 Å². The first kappa shape index (κ1) is 56.8.